The van der Waals surface area contributed by atoms with Crippen LogP contribution in [-0.2, 0) is 16.0 Å². The van der Waals surface area contributed by atoms with Gasteiger partial charge < -0.3 is 30.3 Å². The zero-order chi connectivity index (χ0) is 16.4. The highest BCUT2D eigenvalue weighted by Crippen LogP contribution is 2.28. The zero-order valence-electron chi connectivity index (χ0n) is 11.4. The van der Waals surface area contributed by atoms with Crippen molar-refractivity contribution in [1.82, 2.24) is 4.57 Å². The van der Waals surface area contributed by atoms with Gasteiger partial charge in [0, 0.05) is 11.8 Å². The first-order valence-electron chi connectivity index (χ1n) is 6.59. The number of nitrogens with zero attached hydrogens (tertiary/aromatic N) is 1. The average molecular weight is 315 g/mol. The Kier molecular flexibility index (Phi) is 4.94. The van der Waals surface area contributed by atoms with Crippen molar-refractivity contribution < 1.29 is 35.1 Å². The van der Waals surface area contributed by atoms with Crippen LogP contribution in [-0.4, -0.2) is 67.1 Å². The van der Waals surface area contributed by atoms with Crippen molar-refractivity contribution in [2.24, 2.45) is 0 Å². The van der Waals surface area contributed by atoms with E-state index in [1.807, 2.05) is 0 Å². The summed E-state index contributed by atoms with van der Waals surface area (Å²) in [5.74, 6) is -1.19. The van der Waals surface area contributed by atoms with E-state index in [4.69, 9.17) is 14.9 Å². The molecule has 9 heteroatoms. The Morgan fingerprint density at radius 2 is 1.86 bits per heavy atom. The molecule has 0 radical (unpaired) electrons. The van der Waals surface area contributed by atoms with E-state index in [0.717, 1.165) is 10.6 Å². The summed E-state index contributed by atoms with van der Waals surface area (Å²) in [6.45, 7) is -0.642. The number of hydrogen-bond acceptors (Lipinski definition) is 7. The number of ether oxygens (including phenoxy) is 1. The number of carboxylic acid groups (broad SMARTS) is 1. The van der Waals surface area contributed by atoms with Crippen LogP contribution in [0.5, 0.6) is 0 Å². The highest BCUT2D eigenvalue weighted by atomic mass is 16.6. The van der Waals surface area contributed by atoms with Crippen molar-refractivity contribution >= 4 is 5.97 Å². The number of pyridine rings is 1. The van der Waals surface area contributed by atoms with E-state index in [2.05, 4.69) is 0 Å². The van der Waals surface area contributed by atoms with Crippen molar-refractivity contribution in [3.63, 3.8) is 0 Å². The molecule has 2 heterocycles. The number of carboxylic acids is 1. The fourth-order valence-electron chi connectivity index (χ4n) is 2.43. The van der Waals surface area contributed by atoms with E-state index in [-0.39, 0.29) is 5.69 Å². The summed E-state index contributed by atoms with van der Waals surface area (Å²) >= 11 is 0. The lowest BCUT2D eigenvalue weighted by Gasteiger charge is -2.41. The van der Waals surface area contributed by atoms with Gasteiger partial charge >= 0.3 is 5.97 Å². The molecule has 2 rings (SSSR count). The van der Waals surface area contributed by atoms with E-state index >= 15 is 0 Å². The number of aliphatic hydroxyl groups is 4. The van der Waals surface area contributed by atoms with Gasteiger partial charge in [0.2, 0.25) is 0 Å². The number of aromatic nitrogens is 1. The second-order valence-corrected chi connectivity index (χ2v) is 5.02. The van der Waals surface area contributed by atoms with Gasteiger partial charge in [0.05, 0.1) is 13.0 Å². The Bertz CT molecular complexity index is 598. The summed E-state index contributed by atoms with van der Waals surface area (Å²) in [7, 11) is 0. The fraction of sp³-hybridized carbons (Fsp3) is 0.538. The Balaban J connectivity index is 2.45. The number of rotatable bonds is 4. The van der Waals surface area contributed by atoms with E-state index in [0.29, 0.717) is 0 Å². The summed E-state index contributed by atoms with van der Waals surface area (Å²) in [6.07, 6.45) is -7.97. The van der Waals surface area contributed by atoms with Crippen molar-refractivity contribution in [1.29, 1.82) is 0 Å². The molecule has 1 saturated heterocycles. The summed E-state index contributed by atoms with van der Waals surface area (Å²) in [4.78, 5) is 22.9. The first-order chi connectivity index (χ1) is 10.4. The first-order valence-corrected chi connectivity index (χ1v) is 6.59. The quantitative estimate of drug-likeness (QED) is 0.407. The third kappa shape index (κ3) is 3.03. The molecule has 0 spiro atoms. The molecule has 22 heavy (non-hydrogen) atoms. The van der Waals surface area contributed by atoms with Crippen LogP contribution in [0.25, 0.3) is 0 Å². The largest absolute Gasteiger partial charge is 0.481 e. The highest BCUT2D eigenvalue weighted by molar-refractivity contribution is 5.69. The molecule has 0 aliphatic carbocycles. The van der Waals surface area contributed by atoms with Crippen molar-refractivity contribution in [3.8, 4) is 0 Å². The lowest BCUT2D eigenvalue weighted by molar-refractivity contribution is -0.252. The van der Waals surface area contributed by atoms with Crippen LogP contribution in [0.2, 0.25) is 0 Å². The molecule has 0 amide bonds. The van der Waals surface area contributed by atoms with Crippen molar-refractivity contribution in [2.45, 2.75) is 37.1 Å². The molecule has 5 atom stereocenters. The maximum Gasteiger partial charge on any atom is 0.309 e. The van der Waals surface area contributed by atoms with Gasteiger partial charge in [-0.05, 0) is 6.07 Å². The minimum Gasteiger partial charge on any atom is -0.481 e. The summed E-state index contributed by atoms with van der Waals surface area (Å²) in [6, 6.07) is 3.88. The summed E-state index contributed by atoms with van der Waals surface area (Å²) in [5.41, 5.74) is -0.576. The first kappa shape index (κ1) is 16.6. The number of aliphatic hydroxyl groups excluding tert-OH is 4. The molecule has 1 aliphatic heterocycles. The monoisotopic (exact) mass is 315 g/mol. The third-order valence-corrected chi connectivity index (χ3v) is 3.53. The Morgan fingerprint density at radius 3 is 2.45 bits per heavy atom. The molecule has 0 saturated carbocycles. The topological polar surface area (TPSA) is 149 Å². The number of carbonyl (C=O) groups is 1. The summed E-state index contributed by atoms with van der Waals surface area (Å²) < 4.78 is 6.18. The highest BCUT2D eigenvalue weighted by Gasteiger charge is 2.44. The van der Waals surface area contributed by atoms with E-state index in [1.54, 1.807) is 0 Å². The maximum absolute atomic E-state index is 12.0. The predicted molar refractivity (Wildman–Crippen MR) is 71.1 cm³/mol. The van der Waals surface area contributed by atoms with Gasteiger partial charge in [-0.3, -0.25) is 14.2 Å². The number of hydrogen-bond donors (Lipinski definition) is 5. The lowest BCUT2D eigenvalue weighted by Crippen LogP contribution is -2.57. The summed E-state index contributed by atoms with van der Waals surface area (Å²) in [5, 5.41) is 47.6. The predicted octanol–water partition coefficient (Wildman–Crippen LogP) is -2.55. The van der Waals surface area contributed by atoms with Crippen LogP contribution in [0.15, 0.2) is 23.0 Å². The molecule has 1 aliphatic rings. The van der Waals surface area contributed by atoms with Gasteiger partial charge in [-0.1, -0.05) is 6.07 Å². The fourth-order valence-corrected chi connectivity index (χ4v) is 2.43. The van der Waals surface area contributed by atoms with Crippen LogP contribution in [0.3, 0.4) is 0 Å². The van der Waals surface area contributed by atoms with Gasteiger partial charge in [-0.15, -0.1) is 0 Å². The van der Waals surface area contributed by atoms with Gasteiger partial charge in [0.25, 0.3) is 5.56 Å². The number of aliphatic carboxylic acids is 1. The van der Waals surface area contributed by atoms with E-state index < -0.39 is 55.2 Å². The molecule has 0 aromatic carbocycles. The second-order valence-electron chi connectivity index (χ2n) is 5.02. The van der Waals surface area contributed by atoms with Gasteiger partial charge in [0.15, 0.2) is 6.23 Å². The smallest absolute Gasteiger partial charge is 0.309 e. The Hall–Kier alpha value is -1.78. The molecule has 9 nitrogen and oxygen atoms in total. The van der Waals surface area contributed by atoms with Crippen molar-refractivity contribution in [2.75, 3.05) is 6.61 Å². The molecular formula is C13H17NO8. The minimum absolute atomic E-state index is 0.0596. The zero-order valence-corrected chi connectivity index (χ0v) is 11.4. The maximum atomic E-state index is 12.0. The SMILES string of the molecule is O=C(O)Cc1cccc(=O)n1C1OC(CO)C(O)C(O)C1O. The van der Waals surface area contributed by atoms with Gasteiger partial charge in [-0.25, -0.2) is 0 Å². The molecule has 122 valence electrons. The van der Waals surface area contributed by atoms with Gasteiger partial charge in [0.1, 0.15) is 24.4 Å². The Labute approximate surface area is 124 Å². The Morgan fingerprint density at radius 1 is 1.18 bits per heavy atom. The van der Waals surface area contributed by atoms with Crippen LogP contribution >= 0.6 is 0 Å². The normalized spacial score (nSPS) is 31.9. The molecule has 1 aromatic heterocycles. The third-order valence-electron chi connectivity index (χ3n) is 3.53. The van der Waals surface area contributed by atoms with Crippen LogP contribution in [0.4, 0.5) is 0 Å². The molecular weight excluding hydrogens is 298 g/mol. The van der Waals surface area contributed by atoms with Crippen LogP contribution < -0.4 is 5.56 Å². The molecule has 0 bridgehead atoms. The van der Waals surface area contributed by atoms with E-state index in [9.17, 15) is 24.9 Å². The molecule has 1 fully saturated rings. The van der Waals surface area contributed by atoms with Crippen LogP contribution in [0, 0.1) is 0 Å². The standard InChI is InChI=1S/C13H17NO8/c15-5-7-10(19)11(20)12(21)13(22-7)14-6(4-9(17)18)2-1-3-8(14)16/h1-3,7,10-13,15,19-21H,4-5H2,(H,17,18). The molecule has 1 aromatic rings. The minimum atomic E-state index is -1.66. The average Bonchev–Trinajstić information content (AvgIpc) is 2.46. The molecule has 5 unspecified atom stereocenters. The van der Waals surface area contributed by atoms with Crippen LogP contribution in [0.1, 0.15) is 11.9 Å². The molecule has 5 N–H and O–H groups in total. The lowest BCUT2D eigenvalue weighted by atomic mass is 9.98. The second kappa shape index (κ2) is 6.55. The van der Waals surface area contributed by atoms with Crippen molar-refractivity contribution in [3.05, 3.63) is 34.2 Å². The van der Waals surface area contributed by atoms with E-state index in [1.165, 1.54) is 12.1 Å². The van der Waals surface area contributed by atoms with Gasteiger partial charge in [-0.2, -0.15) is 0 Å².